The molecule has 2 N–H and O–H groups in total. The lowest BCUT2D eigenvalue weighted by atomic mass is 9.82. The molecule has 0 atom stereocenters. The van der Waals surface area contributed by atoms with Crippen LogP contribution in [-0.2, 0) is 27.5 Å². The lowest BCUT2D eigenvalue weighted by molar-refractivity contribution is -0.121. The van der Waals surface area contributed by atoms with Crippen LogP contribution < -0.4 is 4.74 Å². The number of aromatic hydroxyl groups is 1. The summed E-state index contributed by atoms with van der Waals surface area (Å²) in [4.78, 5) is 61.4. The van der Waals surface area contributed by atoms with Gasteiger partial charge in [-0.1, -0.05) is 84.9 Å². The standard InChI is InChI=1S/C21H21NO4.C13H15NO3.C8H8O2.CH4O/c23-18-14-21(26-19-9-5-4-8-17(18)19)10-12-22(13-11-21)20(24)25-15-16-6-2-1-3-7-16;15-12-6-8-14(9-7-12)13(16)17-10-11-4-2-1-3-5-11;1-6(9)7-4-2-3-5-8(7)10;1-2/h1-9H,10-15H2;1-5H,6-10H2;2-5,10H,1H3;2H,1H3. The molecule has 0 aromatic heterocycles. The Hall–Kier alpha value is -6.01. The summed E-state index contributed by atoms with van der Waals surface area (Å²) in [6, 6.07) is 33.0. The molecule has 0 unspecified atom stereocenters. The summed E-state index contributed by atoms with van der Waals surface area (Å²) in [5.74, 6) is 0.931. The van der Waals surface area contributed by atoms with Crippen LogP contribution >= 0.6 is 0 Å². The molecule has 290 valence electrons. The predicted molar refractivity (Wildman–Crippen MR) is 205 cm³/mol. The number of likely N-dealkylation sites (tertiary alicyclic amines) is 2. The largest absolute Gasteiger partial charge is 0.507 e. The van der Waals surface area contributed by atoms with E-state index in [0.717, 1.165) is 18.2 Å². The van der Waals surface area contributed by atoms with E-state index in [2.05, 4.69) is 0 Å². The zero-order chi connectivity index (χ0) is 39.6. The van der Waals surface area contributed by atoms with Crippen molar-refractivity contribution in [3.05, 3.63) is 131 Å². The second kappa shape index (κ2) is 21.0. The Bertz CT molecular complexity index is 1860. The third kappa shape index (κ3) is 12.5. The van der Waals surface area contributed by atoms with E-state index in [1.807, 2.05) is 78.9 Å². The van der Waals surface area contributed by atoms with Gasteiger partial charge in [0.15, 0.2) is 11.6 Å². The van der Waals surface area contributed by atoms with Crippen LogP contribution in [0, 0.1) is 0 Å². The predicted octanol–water partition coefficient (Wildman–Crippen LogP) is 7.01. The molecule has 0 bridgehead atoms. The van der Waals surface area contributed by atoms with Gasteiger partial charge in [-0.05, 0) is 42.3 Å². The molecule has 7 rings (SSSR count). The highest BCUT2D eigenvalue weighted by molar-refractivity contribution is 6.00. The van der Waals surface area contributed by atoms with E-state index >= 15 is 0 Å². The first kappa shape index (κ1) is 41.7. The van der Waals surface area contributed by atoms with Gasteiger partial charge in [0.25, 0.3) is 0 Å². The highest BCUT2D eigenvalue weighted by Gasteiger charge is 2.43. The van der Waals surface area contributed by atoms with E-state index in [0.29, 0.717) is 75.2 Å². The maximum absolute atomic E-state index is 12.4. The fourth-order valence-corrected chi connectivity index (χ4v) is 6.15. The molecular weight excluding hydrogens is 704 g/mol. The number of aliphatic hydroxyl groups excluding tert-OH is 1. The number of fused-ring (bicyclic) bond motifs is 1. The molecule has 2 fully saturated rings. The van der Waals surface area contributed by atoms with Crippen molar-refractivity contribution < 1.29 is 48.4 Å². The molecule has 3 aliphatic heterocycles. The van der Waals surface area contributed by atoms with Crippen LogP contribution in [0.15, 0.2) is 109 Å². The van der Waals surface area contributed by atoms with Crippen molar-refractivity contribution in [3.63, 3.8) is 0 Å². The van der Waals surface area contributed by atoms with Gasteiger partial charge in [-0.2, -0.15) is 0 Å². The second-order valence-corrected chi connectivity index (χ2v) is 13.0. The van der Waals surface area contributed by atoms with Gasteiger partial charge in [0, 0.05) is 59.0 Å². The number of phenols is 1. The zero-order valence-electron chi connectivity index (χ0n) is 31.2. The van der Waals surface area contributed by atoms with E-state index in [9.17, 15) is 24.0 Å². The molecule has 55 heavy (non-hydrogen) atoms. The summed E-state index contributed by atoms with van der Waals surface area (Å²) in [5.41, 5.74) is 2.47. The highest BCUT2D eigenvalue weighted by atomic mass is 16.6. The van der Waals surface area contributed by atoms with Crippen LogP contribution in [0.1, 0.15) is 70.9 Å². The number of hydrogen-bond acceptors (Lipinski definition) is 10. The number of ketones is 3. The number of rotatable bonds is 5. The number of hydrogen-bond donors (Lipinski definition) is 2. The lowest BCUT2D eigenvalue weighted by Crippen LogP contribution is -2.52. The number of carbonyl (C=O) groups excluding carboxylic acids is 5. The Morgan fingerprint density at radius 3 is 1.65 bits per heavy atom. The van der Waals surface area contributed by atoms with Gasteiger partial charge < -0.3 is 34.2 Å². The maximum Gasteiger partial charge on any atom is 0.410 e. The van der Waals surface area contributed by atoms with Crippen LogP contribution in [0.3, 0.4) is 0 Å². The molecule has 3 aliphatic rings. The third-order valence-corrected chi connectivity index (χ3v) is 9.20. The molecule has 4 aromatic rings. The van der Waals surface area contributed by atoms with Gasteiger partial charge >= 0.3 is 12.2 Å². The van der Waals surface area contributed by atoms with Crippen LogP contribution in [0.2, 0.25) is 0 Å². The Kier molecular flexibility index (Phi) is 16.0. The highest BCUT2D eigenvalue weighted by Crippen LogP contribution is 2.39. The minimum absolute atomic E-state index is 0.0509. The molecule has 0 aliphatic carbocycles. The van der Waals surface area contributed by atoms with Crippen molar-refractivity contribution in [2.24, 2.45) is 0 Å². The summed E-state index contributed by atoms with van der Waals surface area (Å²) < 4.78 is 16.8. The van der Waals surface area contributed by atoms with E-state index < -0.39 is 5.60 Å². The number of Topliss-reactive ketones (excluding diaryl/α,β-unsaturated/α-hetero) is 3. The van der Waals surface area contributed by atoms with Crippen molar-refractivity contribution in [1.29, 1.82) is 0 Å². The number of piperidine rings is 2. The van der Waals surface area contributed by atoms with Crippen molar-refractivity contribution in [3.8, 4) is 11.5 Å². The van der Waals surface area contributed by atoms with E-state index in [4.69, 9.17) is 24.4 Å². The summed E-state index contributed by atoms with van der Waals surface area (Å²) in [7, 11) is 1.00. The molecule has 12 nitrogen and oxygen atoms in total. The van der Waals surface area contributed by atoms with Gasteiger partial charge in [-0.3, -0.25) is 14.4 Å². The first-order chi connectivity index (χ1) is 26.6. The smallest absolute Gasteiger partial charge is 0.410 e. The number of phenolic OH excluding ortho intramolecular Hbond substituents is 1. The Morgan fingerprint density at radius 2 is 1.15 bits per heavy atom. The third-order valence-electron chi connectivity index (χ3n) is 9.20. The summed E-state index contributed by atoms with van der Waals surface area (Å²) >= 11 is 0. The average Bonchev–Trinajstić information content (AvgIpc) is 3.22. The Balaban J connectivity index is 0.000000199. The zero-order valence-corrected chi connectivity index (χ0v) is 31.2. The van der Waals surface area contributed by atoms with Crippen molar-refractivity contribution in [1.82, 2.24) is 9.80 Å². The van der Waals surface area contributed by atoms with Crippen molar-refractivity contribution >= 4 is 29.5 Å². The lowest BCUT2D eigenvalue weighted by Gasteiger charge is -2.43. The minimum atomic E-state index is -0.498. The molecule has 0 saturated carbocycles. The van der Waals surface area contributed by atoms with E-state index in [-0.39, 0.29) is 48.5 Å². The Morgan fingerprint density at radius 1 is 0.673 bits per heavy atom. The molecule has 12 heteroatoms. The molecule has 2 saturated heterocycles. The fourth-order valence-electron chi connectivity index (χ4n) is 6.15. The number of amides is 2. The molecule has 0 radical (unpaired) electrons. The summed E-state index contributed by atoms with van der Waals surface area (Å²) in [6.45, 7) is 3.99. The van der Waals surface area contributed by atoms with Crippen LogP contribution in [-0.4, -0.2) is 88.4 Å². The van der Waals surface area contributed by atoms with Crippen molar-refractivity contribution in [2.45, 2.75) is 57.8 Å². The maximum atomic E-state index is 12.4. The summed E-state index contributed by atoms with van der Waals surface area (Å²) in [6.07, 6.45) is 1.88. The normalized spacial score (nSPS) is 15.3. The second-order valence-electron chi connectivity index (χ2n) is 13.0. The first-order valence-electron chi connectivity index (χ1n) is 18.1. The molecule has 4 aromatic carbocycles. The number of benzene rings is 4. The van der Waals surface area contributed by atoms with E-state index in [1.54, 1.807) is 34.1 Å². The number of ether oxygens (including phenoxy) is 3. The van der Waals surface area contributed by atoms with Gasteiger partial charge in [0.1, 0.15) is 36.1 Å². The topological polar surface area (TPSA) is 160 Å². The van der Waals surface area contributed by atoms with Crippen LogP contribution in [0.5, 0.6) is 11.5 Å². The van der Waals surface area contributed by atoms with Gasteiger partial charge in [-0.15, -0.1) is 0 Å². The molecule has 1 spiro atoms. The number of carbonyl (C=O) groups is 5. The van der Waals surface area contributed by atoms with Crippen molar-refractivity contribution in [2.75, 3.05) is 33.3 Å². The molecule has 2 amide bonds. The van der Waals surface area contributed by atoms with E-state index in [1.165, 1.54) is 13.0 Å². The van der Waals surface area contributed by atoms with Gasteiger partial charge in [0.05, 0.1) is 17.5 Å². The van der Waals surface area contributed by atoms with Gasteiger partial charge in [-0.25, -0.2) is 9.59 Å². The minimum Gasteiger partial charge on any atom is -0.507 e. The number of aliphatic hydroxyl groups is 1. The molecule has 3 heterocycles. The number of para-hydroxylation sites is 2. The SMILES string of the molecule is CC(=O)c1ccccc1O.CO.O=C1CC2(CCN(C(=O)OCc3ccccc3)CC2)Oc2ccccc21.O=C1CCN(C(=O)OCc2ccccc2)CC1. The monoisotopic (exact) mass is 752 g/mol. The first-order valence-corrected chi connectivity index (χ1v) is 18.1. The van der Waals surface area contributed by atoms with Crippen LogP contribution in [0.4, 0.5) is 9.59 Å². The fraction of sp³-hybridized carbons (Fsp3) is 0.326. The Labute approximate surface area is 321 Å². The quantitative estimate of drug-likeness (QED) is 0.203. The van der Waals surface area contributed by atoms with Gasteiger partial charge in [0.2, 0.25) is 0 Å². The average molecular weight is 753 g/mol. The van der Waals surface area contributed by atoms with Crippen LogP contribution in [0.25, 0.3) is 0 Å². The summed E-state index contributed by atoms with van der Waals surface area (Å²) in [5, 5.41) is 16.1. The number of nitrogens with zero attached hydrogens (tertiary/aromatic N) is 2. The molecular formula is C43H48N2O10.